The number of rotatable bonds is 10. The summed E-state index contributed by atoms with van der Waals surface area (Å²) in [5, 5.41) is 3.83. The Morgan fingerprint density at radius 3 is 2.29 bits per heavy atom. The van der Waals surface area contributed by atoms with Gasteiger partial charge in [-0.25, -0.2) is 35.8 Å². The Balaban J connectivity index is 1.98. The number of ether oxygens (including phenoxy) is 1. The Kier molecular flexibility index (Phi) is 9.82. The van der Waals surface area contributed by atoms with Crippen LogP contribution in [0.5, 0.6) is 0 Å². The van der Waals surface area contributed by atoms with Gasteiger partial charge in [0.15, 0.2) is 10.7 Å². The quantitative estimate of drug-likeness (QED) is 0.203. The van der Waals surface area contributed by atoms with Crippen LogP contribution in [-0.4, -0.2) is 43.6 Å². The van der Waals surface area contributed by atoms with Crippen molar-refractivity contribution in [3.8, 4) is 0 Å². The molecule has 1 unspecified atom stereocenters. The van der Waals surface area contributed by atoms with E-state index in [1.165, 1.54) is 31.7 Å². The van der Waals surface area contributed by atoms with Crippen molar-refractivity contribution in [1.82, 2.24) is 9.88 Å². The lowest BCUT2D eigenvalue weighted by Crippen LogP contribution is -2.41. The van der Waals surface area contributed by atoms with Crippen LogP contribution >= 0.6 is 11.3 Å². The average molecular weight is 615 g/mol. The largest absolute Gasteiger partial charge is 0.443 e. The minimum atomic E-state index is -5.18. The van der Waals surface area contributed by atoms with Crippen molar-refractivity contribution in [2.24, 2.45) is 0 Å². The Labute approximate surface area is 240 Å². The van der Waals surface area contributed by atoms with Crippen LogP contribution in [0.3, 0.4) is 0 Å². The number of aromatic nitrogens is 1. The van der Waals surface area contributed by atoms with Gasteiger partial charge in [-0.05, 0) is 59.0 Å². The summed E-state index contributed by atoms with van der Waals surface area (Å²) >= 11 is 0.952. The van der Waals surface area contributed by atoms with Crippen LogP contribution in [-0.2, 0) is 21.3 Å². The third-order valence-corrected chi connectivity index (χ3v) is 8.19. The molecule has 2 aromatic carbocycles. The number of thiazole rings is 1. The molecule has 0 spiro atoms. The molecule has 1 aromatic heterocycles. The van der Waals surface area contributed by atoms with Crippen molar-refractivity contribution >= 4 is 39.0 Å². The van der Waals surface area contributed by atoms with E-state index in [1.54, 1.807) is 24.9 Å². The van der Waals surface area contributed by atoms with Crippen molar-refractivity contribution in [3.63, 3.8) is 0 Å². The Morgan fingerprint density at radius 2 is 1.76 bits per heavy atom. The summed E-state index contributed by atoms with van der Waals surface area (Å²) in [6.45, 7) is 9.79. The average Bonchev–Trinajstić information content (AvgIpc) is 3.36. The number of carbonyl (C=O) groups is 1. The third-order valence-electron chi connectivity index (χ3n) is 5.90. The number of sulfonamides is 1. The van der Waals surface area contributed by atoms with Gasteiger partial charge in [-0.15, -0.1) is 22.2 Å². The van der Waals surface area contributed by atoms with E-state index < -0.39 is 61.7 Å². The molecule has 3 rings (SSSR count). The smallest absolute Gasteiger partial charge is 0.430 e. The van der Waals surface area contributed by atoms with Crippen molar-refractivity contribution in [3.05, 3.63) is 82.2 Å². The van der Waals surface area contributed by atoms with Crippen LogP contribution in [0.1, 0.15) is 44.9 Å². The molecule has 1 N–H and O–H groups in total. The summed E-state index contributed by atoms with van der Waals surface area (Å²) < 4.78 is 92.2. The molecule has 14 heteroatoms. The molecule has 0 aliphatic heterocycles. The first-order valence-electron chi connectivity index (χ1n) is 12.3. The van der Waals surface area contributed by atoms with Gasteiger partial charge in [0.25, 0.3) is 10.0 Å². The molecule has 0 bridgehead atoms. The number of likely N-dealkylation sites (N-methyl/N-ethyl adjacent to an activating group) is 1. The highest BCUT2D eigenvalue weighted by Crippen LogP contribution is 2.32. The maximum atomic E-state index is 15.3. The number of benzene rings is 2. The first-order chi connectivity index (χ1) is 19.1. The van der Waals surface area contributed by atoms with Gasteiger partial charge in [0.1, 0.15) is 28.9 Å². The zero-order valence-electron chi connectivity index (χ0n) is 23.0. The van der Waals surface area contributed by atoms with Gasteiger partial charge in [0.2, 0.25) is 0 Å². The van der Waals surface area contributed by atoms with Crippen LogP contribution in [0.4, 0.5) is 33.9 Å². The van der Waals surface area contributed by atoms with E-state index in [2.05, 4.69) is 16.9 Å². The fourth-order valence-corrected chi connectivity index (χ4v) is 5.90. The summed E-state index contributed by atoms with van der Waals surface area (Å²) in [4.78, 5) is 16.9. The molecular formula is C27H30F4N4O4S2. The number of carbonyl (C=O) groups excluding carboxylic acids is 1. The summed E-state index contributed by atoms with van der Waals surface area (Å²) in [5.41, 5.74) is -0.186. The topological polar surface area (TPSA) is 91.8 Å². The Morgan fingerprint density at radius 1 is 1.15 bits per heavy atom. The molecule has 0 saturated heterocycles. The number of amides is 1. The van der Waals surface area contributed by atoms with E-state index in [9.17, 15) is 22.0 Å². The second-order valence-corrected chi connectivity index (χ2v) is 12.5. The summed E-state index contributed by atoms with van der Waals surface area (Å²) in [5.74, 6) is -4.89. The number of nitrogens with one attached hydrogen (secondary N) is 1. The maximum Gasteiger partial charge on any atom is 0.430 e. The minimum absolute atomic E-state index is 0.0401. The van der Waals surface area contributed by atoms with E-state index in [4.69, 9.17) is 4.74 Å². The van der Waals surface area contributed by atoms with Gasteiger partial charge < -0.3 is 10.1 Å². The number of halogens is 4. The molecule has 0 saturated carbocycles. The molecule has 8 nitrogen and oxygen atoms in total. The minimum Gasteiger partial charge on any atom is -0.443 e. The van der Waals surface area contributed by atoms with E-state index >= 15 is 8.78 Å². The first kappa shape index (κ1) is 32.0. The monoisotopic (exact) mass is 614 g/mol. The molecule has 222 valence electrons. The zero-order chi connectivity index (χ0) is 30.7. The normalized spacial score (nSPS) is 12.7. The number of hydrogen-bond acceptors (Lipinski definition) is 8. The van der Waals surface area contributed by atoms with E-state index in [-0.39, 0.29) is 27.7 Å². The van der Waals surface area contributed by atoms with Crippen LogP contribution in [0.25, 0.3) is 0 Å². The second kappa shape index (κ2) is 12.6. The molecule has 1 amide bonds. The highest BCUT2D eigenvalue weighted by atomic mass is 32.2. The van der Waals surface area contributed by atoms with Gasteiger partial charge in [-0.2, -0.15) is 0 Å². The molecule has 3 aromatic rings. The van der Waals surface area contributed by atoms with Crippen LogP contribution in [0, 0.1) is 23.3 Å². The van der Waals surface area contributed by atoms with Crippen molar-refractivity contribution < 1.29 is 35.5 Å². The Hall–Kier alpha value is -3.49. The van der Waals surface area contributed by atoms with E-state index in [0.717, 1.165) is 23.5 Å². The SMILES string of the molecule is C=CCN(C)C(C)c1c(F)ccc(F)c1CNc1cc(F)c(S(=O)(=O)N(C(=O)OC(C)(C)C)c2cscn2)c(F)c1. The van der Waals surface area contributed by atoms with E-state index in [0.29, 0.717) is 18.7 Å². The zero-order valence-corrected chi connectivity index (χ0v) is 24.7. The molecule has 41 heavy (non-hydrogen) atoms. The van der Waals surface area contributed by atoms with Gasteiger partial charge in [0.05, 0.1) is 5.51 Å². The lowest BCUT2D eigenvalue weighted by Gasteiger charge is -2.27. The first-order valence-corrected chi connectivity index (χ1v) is 14.6. The number of anilines is 2. The second-order valence-electron chi connectivity index (χ2n) is 10.0. The van der Waals surface area contributed by atoms with Crippen LogP contribution in [0.2, 0.25) is 0 Å². The lowest BCUT2D eigenvalue weighted by atomic mass is 9.98. The fraction of sp³-hybridized carbons (Fsp3) is 0.333. The van der Waals surface area contributed by atoms with Gasteiger partial charge >= 0.3 is 6.09 Å². The van der Waals surface area contributed by atoms with Gasteiger partial charge in [0, 0.05) is 41.3 Å². The number of hydrogen-bond donors (Lipinski definition) is 1. The molecule has 1 heterocycles. The van der Waals surface area contributed by atoms with Crippen molar-refractivity contribution in [1.29, 1.82) is 0 Å². The summed E-state index contributed by atoms with van der Waals surface area (Å²) in [6, 6.07) is 2.70. The molecular weight excluding hydrogens is 584 g/mol. The van der Waals surface area contributed by atoms with Crippen molar-refractivity contribution in [2.45, 2.75) is 50.8 Å². The van der Waals surface area contributed by atoms with Crippen LogP contribution < -0.4 is 9.62 Å². The van der Waals surface area contributed by atoms with Gasteiger partial charge in [-0.1, -0.05) is 6.08 Å². The molecule has 0 radical (unpaired) electrons. The summed E-state index contributed by atoms with van der Waals surface area (Å²) in [6.07, 6.45) is 0.194. The molecule has 0 aliphatic rings. The standard InChI is InChI=1S/C27H30F4N4O4S2/c1-7-10-34(6)16(2)24-18(19(28)8-9-20(24)29)13-32-17-11-21(30)25(22(31)12-17)41(37,38)35(23-14-40-15-33-23)26(36)39-27(3,4)5/h7-9,11-12,14-16,32H,1,10,13H2,2-6H3. The highest BCUT2D eigenvalue weighted by molar-refractivity contribution is 7.93. The molecule has 0 aliphatic carbocycles. The number of nitrogens with zero attached hydrogens (tertiary/aromatic N) is 3. The van der Waals surface area contributed by atoms with Crippen molar-refractivity contribution in [2.75, 3.05) is 23.2 Å². The lowest BCUT2D eigenvalue weighted by molar-refractivity contribution is 0.0608. The summed E-state index contributed by atoms with van der Waals surface area (Å²) in [7, 11) is -3.49. The third kappa shape index (κ3) is 7.24. The maximum absolute atomic E-state index is 15.3. The highest BCUT2D eigenvalue weighted by Gasteiger charge is 2.39. The molecule has 0 fully saturated rings. The predicted octanol–water partition coefficient (Wildman–Crippen LogP) is 6.62. The predicted molar refractivity (Wildman–Crippen MR) is 149 cm³/mol. The molecule has 1 atom stereocenters. The fourth-order valence-electron chi connectivity index (χ4n) is 3.94. The van der Waals surface area contributed by atoms with Crippen LogP contribution in [0.15, 0.2) is 52.7 Å². The Bertz CT molecular complexity index is 1500. The van der Waals surface area contributed by atoms with Gasteiger partial charge in [-0.3, -0.25) is 4.90 Å². The van der Waals surface area contributed by atoms with E-state index in [1.807, 2.05) is 0 Å².